The largest absolute Gasteiger partial charge is 0.484 e. The first kappa shape index (κ1) is 24.2. The molecule has 5 nitrogen and oxygen atoms in total. The van der Waals surface area contributed by atoms with Crippen LogP contribution in [0.4, 0.5) is 0 Å². The van der Waals surface area contributed by atoms with Gasteiger partial charge in [0.2, 0.25) is 5.91 Å². The molecule has 0 saturated heterocycles. The monoisotopic (exact) mass is 494 g/mol. The van der Waals surface area contributed by atoms with Crippen molar-refractivity contribution in [2.45, 2.75) is 46.2 Å². The number of nitrogens with zero attached hydrogens (tertiary/aromatic N) is 1. The minimum absolute atomic E-state index is 0.152. The van der Waals surface area contributed by atoms with E-state index in [1.54, 1.807) is 25.1 Å². The Hall–Kier alpha value is -2.05. The first-order chi connectivity index (χ1) is 14.3. The fourth-order valence-electron chi connectivity index (χ4n) is 2.84. The Labute approximate surface area is 191 Å². The van der Waals surface area contributed by atoms with Crippen LogP contribution in [0, 0.1) is 6.92 Å². The third-order valence-corrected chi connectivity index (χ3v) is 5.90. The minimum Gasteiger partial charge on any atom is -0.484 e. The van der Waals surface area contributed by atoms with Gasteiger partial charge in [-0.15, -0.1) is 0 Å². The standard InChI is InChI=1S/C23H28BrClN2O3/c1-4-5-12-26-23(29)17(3)27(14-18-6-8-19(25)9-7-18)22(28)15-30-20-10-11-21(24)16(2)13-20/h6-11,13,17H,4-5,12,14-15H2,1-3H3,(H,26,29). The van der Waals surface area contributed by atoms with Crippen molar-refractivity contribution >= 4 is 39.3 Å². The van der Waals surface area contributed by atoms with E-state index in [0.29, 0.717) is 23.9 Å². The summed E-state index contributed by atoms with van der Waals surface area (Å²) in [5.74, 6) is 0.171. The van der Waals surface area contributed by atoms with Crippen LogP contribution in [0.2, 0.25) is 5.02 Å². The van der Waals surface area contributed by atoms with E-state index in [0.717, 1.165) is 28.4 Å². The summed E-state index contributed by atoms with van der Waals surface area (Å²) in [4.78, 5) is 27.1. The van der Waals surface area contributed by atoms with E-state index >= 15 is 0 Å². The second-order valence-electron chi connectivity index (χ2n) is 7.17. The van der Waals surface area contributed by atoms with Gasteiger partial charge in [0.15, 0.2) is 6.61 Å². The summed E-state index contributed by atoms with van der Waals surface area (Å²) in [6.07, 6.45) is 1.89. The van der Waals surface area contributed by atoms with E-state index in [-0.39, 0.29) is 18.4 Å². The fourth-order valence-corrected chi connectivity index (χ4v) is 3.21. The van der Waals surface area contributed by atoms with Gasteiger partial charge in [-0.05, 0) is 61.7 Å². The minimum atomic E-state index is -0.625. The molecule has 2 aromatic carbocycles. The predicted octanol–water partition coefficient (Wildman–Crippen LogP) is 5.12. The van der Waals surface area contributed by atoms with Gasteiger partial charge in [0.1, 0.15) is 11.8 Å². The van der Waals surface area contributed by atoms with E-state index in [1.807, 2.05) is 31.2 Å². The topological polar surface area (TPSA) is 58.6 Å². The van der Waals surface area contributed by atoms with Gasteiger partial charge in [0, 0.05) is 22.6 Å². The van der Waals surface area contributed by atoms with E-state index < -0.39 is 6.04 Å². The van der Waals surface area contributed by atoms with Crippen LogP contribution in [0.25, 0.3) is 0 Å². The quantitative estimate of drug-likeness (QED) is 0.465. The number of amides is 2. The number of ether oxygens (including phenoxy) is 1. The van der Waals surface area contributed by atoms with Crippen LogP contribution in [0.5, 0.6) is 5.75 Å². The van der Waals surface area contributed by atoms with Gasteiger partial charge in [0.05, 0.1) is 0 Å². The Bertz CT molecular complexity index is 858. The van der Waals surface area contributed by atoms with Crippen LogP contribution >= 0.6 is 27.5 Å². The highest BCUT2D eigenvalue weighted by atomic mass is 79.9. The smallest absolute Gasteiger partial charge is 0.261 e. The van der Waals surface area contributed by atoms with E-state index in [2.05, 4.69) is 28.2 Å². The number of hydrogen-bond acceptors (Lipinski definition) is 3. The molecule has 1 unspecified atom stereocenters. The lowest BCUT2D eigenvalue weighted by Gasteiger charge is -2.28. The Morgan fingerprint density at radius 3 is 2.53 bits per heavy atom. The third-order valence-electron chi connectivity index (χ3n) is 4.75. The number of aryl methyl sites for hydroxylation is 1. The number of halogens is 2. The number of rotatable bonds is 10. The Morgan fingerprint density at radius 2 is 1.90 bits per heavy atom. The highest BCUT2D eigenvalue weighted by molar-refractivity contribution is 9.10. The zero-order chi connectivity index (χ0) is 22.1. The highest BCUT2D eigenvalue weighted by Gasteiger charge is 2.26. The highest BCUT2D eigenvalue weighted by Crippen LogP contribution is 2.22. The van der Waals surface area contributed by atoms with Crippen LogP contribution in [0.3, 0.4) is 0 Å². The number of carbonyl (C=O) groups is 2. The van der Waals surface area contributed by atoms with Gasteiger partial charge in [-0.2, -0.15) is 0 Å². The van der Waals surface area contributed by atoms with E-state index in [4.69, 9.17) is 16.3 Å². The molecule has 2 amide bonds. The maximum absolute atomic E-state index is 13.0. The molecule has 7 heteroatoms. The second-order valence-corrected chi connectivity index (χ2v) is 8.46. The molecule has 0 aliphatic rings. The van der Waals surface area contributed by atoms with Crippen molar-refractivity contribution < 1.29 is 14.3 Å². The molecule has 2 rings (SSSR count). The summed E-state index contributed by atoms with van der Waals surface area (Å²) in [5.41, 5.74) is 1.90. The first-order valence-electron chi connectivity index (χ1n) is 10.0. The number of hydrogen-bond donors (Lipinski definition) is 1. The Kier molecular flexibility index (Phi) is 9.66. The molecular weight excluding hydrogens is 468 g/mol. The zero-order valence-electron chi connectivity index (χ0n) is 17.6. The molecule has 0 saturated carbocycles. The second kappa shape index (κ2) is 12.0. The van der Waals surface area contributed by atoms with E-state index in [1.165, 1.54) is 4.90 Å². The van der Waals surface area contributed by atoms with Crippen molar-refractivity contribution in [2.75, 3.05) is 13.2 Å². The maximum atomic E-state index is 13.0. The third kappa shape index (κ3) is 7.33. The molecule has 0 spiro atoms. The van der Waals surface area contributed by atoms with Crippen LogP contribution in [0.15, 0.2) is 46.9 Å². The summed E-state index contributed by atoms with van der Waals surface area (Å²) in [5, 5.41) is 3.52. The predicted molar refractivity (Wildman–Crippen MR) is 124 cm³/mol. The molecule has 162 valence electrons. The lowest BCUT2D eigenvalue weighted by Crippen LogP contribution is -2.49. The average molecular weight is 496 g/mol. The van der Waals surface area contributed by atoms with Crippen LogP contribution < -0.4 is 10.1 Å². The maximum Gasteiger partial charge on any atom is 0.261 e. The molecule has 0 fully saturated rings. The normalized spacial score (nSPS) is 11.6. The lowest BCUT2D eigenvalue weighted by molar-refractivity contribution is -0.142. The van der Waals surface area contributed by atoms with Gasteiger partial charge in [-0.25, -0.2) is 0 Å². The molecule has 2 aromatic rings. The van der Waals surface area contributed by atoms with Crippen molar-refractivity contribution in [3.05, 3.63) is 63.1 Å². The molecule has 0 bridgehead atoms. The Balaban J connectivity index is 2.11. The zero-order valence-corrected chi connectivity index (χ0v) is 19.9. The van der Waals surface area contributed by atoms with Gasteiger partial charge in [-0.1, -0.05) is 53.0 Å². The lowest BCUT2D eigenvalue weighted by atomic mass is 10.1. The van der Waals surface area contributed by atoms with Crippen LogP contribution in [0.1, 0.15) is 37.8 Å². The van der Waals surface area contributed by atoms with Crippen molar-refractivity contribution in [3.63, 3.8) is 0 Å². The fraction of sp³-hybridized carbons (Fsp3) is 0.391. The SMILES string of the molecule is CCCCNC(=O)C(C)N(Cc1ccc(Cl)cc1)C(=O)COc1ccc(Br)c(C)c1. The average Bonchev–Trinajstić information content (AvgIpc) is 2.73. The molecule has 1 atom stereocenters. The first-order valence-corrected chi connectivity index (χ1v) is 11.2. The molecule has 0 aromatic heterocycles. The molecule has 0 radical (unpaired) electrons. The molecule has 0 aliphatic heterocycles. The van der Waals surface area contributed by atoms with Crippen LogP contribution in [-0.4, -0.2) is 35.9 Å². The number of unbranched alkanes of at least 4 members (excludes halogenated alkanes) is 1. The van der Waals surface area contributed by atoms with Crippen molar-refractivity contribution in [2.24, 2.45) is 0 Å². The van der Waals surface area contributed by atoms with Crippen molar-refractivity contribution in [1.29, 1.82) is 0 Å². The summed E-state index contributed by atoms with van der Waals surface area (Å²) < 4.78 is 6.68. The van der Waals surface area contributed by atoms with Crippen LogP contribution in [-0.2, 0) is 16.1 Å². The summed E-state index contributed by atoms with van der Waals surface area (Å²) >= 11 is 9.42. The molecule has 0 heterocycles. The number of carbonyl (C=O) groups excluding carboxylic acids is 2. The van der Waals surface area contributed by atoms with Gasteiger partial charge in [-0.3, -0.25) is 9.59 Å². The number of benzene rings is 2. The van der Waals surface area contributed by atoms with Gasteiger partial charge < -0.3 is 15.0 Å². The van der Waals surface area contributed by atoms with Gasteiger partial charge >= 0.3 is 0 Å². The van der Waals surface area contributed by atoms with Gasteiger partial charge in [0.25, 0.3) is 5.91 Å². The number of nitrogens with one attached hydrogen (secondary N) is 1. The Morgan fingerprint density at radius 1 is 1.20 bits per heavy atom. The van der Waals surface area contributed by atoms with Crippen molar-refractivity contribution in [3.8, 4) is 5.75 Å². The summed E-state index contributed by atoms with van der Waals surface area (Å²) in [7, 11) is 0. The summed E-state index contributed by atoms with van der Waals surface area (Å²) in [6, 6.07) is 12.2. The molecular formula is C23H28BrClN2O3. The summed E-state index contributed by atoms with van der Waals surface area (Å²) in [6.45, 7) is 6.49. The van der Waals surface area contributed by atoms with Crippen molar-refractivity contribution in [1.82, 2.24) is 10.2 Å². The molecule has 30 heavy (non-hydrogen) atoms. The molecule has 0 aliphatic carbocycles. The van der Waals surface area contributed by atoms with E-state index in [9.17, 15) is 9.59 Å². The molecule has 1 N–H and O–H groups in total.